The third-order valence-electron chi connectivity index (χ3n) is 4.10. The fraction of sp³-hybridized carbons (Fsp3) is 0.824. The van der Waals surface area contributed by atoms with Gasteiger partial charge in [-0.05, 0) is 36.7 Å². The molecule has 23 heavy (non-hydrogen) atoms. The highest BCUT2D eigenvalue weighted by Gasteiger charge is 2.38. The lowest BCUT2D eigenvalue weighted by molar-refractivity contribution is -0.152. The van der Waals surface area contributed by atoms with Crippen LogP contribution in [0.15, 0.2) is 11.8 Å². The smallest absolute Gasteiger partial charge is 0.335 e. The molecule has 0 saturated heterocycles. The van der Waals surface area contributed by atoms with E-state index >= 15 is 0 Å². The number of ether oxygens (including phenoxy) is 1. The van der Waals surface area contributed by atoms with E-state index in [9.17, 15) is 9.90 Å². The molecule has 0 aliphatic rings. The minimum Gasteiger partial charge on any atom is -0.549 e. The van der Waals surface area contributed by atoms with E-state index < -0.39 is 28.5 Å². The first kappa shape index (κ1) is 22.4. The van der Waals surface area contributed by atoms with Gasteiger partial charge in [-0.15, -0.1) is 0 Å². The Morgan fingerprint density at radius 2 is 1.70 bits per heavy atom. The van der Waals surface area contributed by atoms with Crippen LogP contribution in [0.3, 0.4) is 0 Å². The largest absolute Gasteiger partial charge is 0.549 e. The van der Waals surface area contributed by atoms with Gasteiger partial charge in [0, 0.05) is 14.5 Å². The number of hydrogen-bond acceptors (Lipinski definition) is 4. The Kier molecular flexibility index (Phi) is 8.27. The molecule has 0 amide bonds. The van der Waals surface area contributed by atoms with Crippen molar-refractivity contribution < 1.29 is 19.1 Å². The quantitative estimate of drug-likeness (QED) is 0.392. The van der Waals surface area contributed by atoms with Gasteiger partial charge in [0.05, 0.1) is 12.9 Å². The second kappa shape index (κ2) is 8.49. The molecule has 1 atom stereocenters. The summed E-state index contributed by atoms with van der Waals surface area (Å²) in [6, 6.07) is 0.901. The molecule has 6 heteroatoms. The molecule has 1 N–H and O–H groups in total. The monoisotopic (exact) mass is 360 g/mol. The zero-order valence-corrected chi connectivity index (χ0v) is 18.4. The van der Waals surface area contributed by atoms with Crippen molar-refractivity contribution in [3.63, 3.8) is 0 Å². The minimum atomic E-state index is -1.90. The summed E-state index contributed by atoms with van der Waals surface area (Å²) < 4.78 is 11.1. The van der Waals surface area contributed by atoms with Crippen LogP contribution >= 0.6 is 0 Å². The summed E-state index contributed by atoms with van der Waals surface area (Å²) in [6.07, 6.45) is 0.996. The summed E-state index contributed by atoms with van der Waals surface area (Å²) >= 11 is 0. The molecular weight excluding hydrogens is 324 g/mol. The van der Waals surface area contributed by atoms with Crippen molar-refractivity contribution in [2.24, 2.45) is 0 Å². The summed E-state index contributed by atoms with van der Waals surface area (Å²) in [5.74, 6) is -0.554. The van der Waals surface area contributed by atoms with E-state index in [1.54, 1.807) is 6.92 Å². The van der Waals surface area contributed by atoms with Gasteiger partial charge in [0.1, 0.15) is 0 Å². The molecule has 0 heterocycles. The summed E-state index contributed by atoms with van der Waals surface area (Å²) in [5, 5.41) is 10.2. The molecule has 0 radical (unpaired) electrons. The van der Waals surface area contributed by atoms with Crippen molar-refractivity contribution in [1.82, 2.24) is 0 Å². The fourth-order valence-electron chi connectivity index (χ4n) is 1.82. The average molecular weight is 361 g/mol. The van der Waals surface area contributed by atoms with Crippen LogP contribution in [0, 0.1) is 0 Å². The SMILES string of the molecule is CCOC(=O)[C@@H](O)C/C(=C/O[Si](C)(C)C(C)(C)C)C[Si](C)(C)C. The molecule has 0 bridgehead atoms. The van der Waals surface area contributed by atoms with E-state index in [2.05, 4.69) is 53.5 Å². The van der Waals surface area contributed by atoms with Gasteiger partial charge in [0.15, 0.2) is 6.10 Å². The highest BCUT2D eigenvalue weighted by atomic mass is 28.4. The third kappa shape index (κ3) is 8.72. The van der Waals surface area contributed by atoms with E-state index in [4.69, 9.17) is 9.16 Å². The normalized spacial score (nSPS) is 15.3. The van der Waals surface area contributed by atoms with Crippen LogP contribution in [0.25, 0.3) is 0 Å². The number of rotatable bonds is 8. The van der Waals surface area contributed by atoms with Gasteiger partial charge in [-0.3, -0.25) is 0 Å². The van der Waals surface area contributed by atoms with Gasteiger partial charge < -0.3 is 14.3 Å². The lowest BCUT2D eigenvalue weighted by Gasteiger charge is -2.35. The first-order valence-corrected chi connectivity index (χ1v) is 15.0. The average Bonchev–Trinajstić information content (AvgIpc) is 2.33. The molecule has 0 aromatic carbocycles. The Labute approximate surface area is 144 Å². The van der Waals surface area contributed by atoms with Crippen LogP contribution in [-0.2, 0) is 14.0 Å². The second-order valence-electron chi connectivity index (χ2n) is 8.86. The fourth-order valence-corrected chi connectivity index (χ4v) is 4.23. The number of carbonyl (C=O) groups excluding carboxylic acids is 1. The van der Waals surface area contributed by atoms with Gasteiger partial charge >= 0.3 is 5.97 Å². The minimum absolute atomic E-state index is 0.119. The topological polar surface area (TPSA) is 55.8 Å². The van der Waals surface area contributed by atoms with Crippen LogP contribution in [-0.4, -0.2) is 40.2 Å². The second-order valence-corrected chi connectivity index (χ2v) is 19.1. The molecule has 0 aliphatic carbocycles. The lowest BCUT2D eigenvalue weighted by atomic mass is 10.1. The first-order chi connectivity index (χ1) is 10.2. The Morgan fingerprint density at radius 1 is 1.17 bits per heavy atom. The Bertz CT molecular complexity index is 417. The number of carbonyl (C=O) groups is 1. The van der Waals surface area contributed by atoms with Gasteiger partial charge in [-0.1, -0.05) is 40.4 Å². The maximum absolute atomic E-state index is 11.7. The predicted molar refractivity (Wildman–Crippen MR) is 102 cm³/mol. The molecular formula is C17H36O4Si2. The number of aliphatic hydroxyl groups excluding tert-OH is 1. The first-order valence-electron chi connectivity index (χ1n) is 8.40. The Hall–Kier alpha value is -0.596. The molecule has 0 aliphatic heterocycles. The maximum atomic E-state index is 11.7. The number of hydrogen-bond donors (Lipinski definition) is 1. The van der Waals surface area contributed by atoms with Gasteiger partial charge in [-0.2, -0.15) is 0 Å². The molecule has 136 valence electrons. The van der Waals surface area contributed by atoms with E-state index in [-0.39, 0.29) is 18.1 Å². The molecule has 0 unspecified atom stereocenters. The van der Waals surface area contributed by atoms with Crippen molar-refractivity contribution >= 4 is 22.4 Å². The molecule has 0 fully saturated rings. The molecule has 0 aromatic rings. The van der Waals surface area contributed by atoms with Crippen molar-refractivity contribution in [2.45, 2.75) is 84.0 Å². The molecule has 0 saturated carbocycles. The van der Waals surface area contributed by atoms with Crippen molar-refractivity contribution in [3.8, 4) is 0 Å². The van der Waals surface area contributed by atoms with E-state index in [1.807, 2.05) is 6.26 Å². The van der Waals surface area contributed by atoms with Gasteiger partial charge in [0.25, 0.3) is 0 Å². The lowest BCUT2D eigenvalue weighted by Crippen LogP contribution is -2.39. The van der Waals surface area contributed by atoms with Crippen LogP contribution in [0.4, 0.5) is 0 Å². The predicted octanol–water partition coefficient (Wildman–Crippen LogP) is 4.54. The van der Waals surface area contributed by atoms with Crippen molar-refractivity contribution in [1.29, 1.82) is 0 Å². The van der Waals surface area contributed by atoms with Crippen LogP contribution < -0.4 is 0 Å². The molecule has 0 aromatic heterocycles. The van der Waals surface area contributed by atoms with E-state index in [1.165, 1.54) is 0 Å². The van der Waals surface area contributed by atoms with Gasteiger partial charge in [0.2, 0.25) is 8.32 Å². The number of aliphatic hydroxyl groups is 1. The zero-order valence-electron chi connectivity index (χ0n) is 16.4. The third-order valence-corrected chi connectivity index (χ3v) is 9.93. The van der Waals surface area contributed by atoms with E-state index in [0.717, 1.165) is 11.6 Å². The van der Waals surface area contributed by atoms with Crippen LogP contribution in [0.1, 0.15) is 34.1 Å². The Balaban J connectivity index is 5.16. The summed E-state index contributed by atoms with van der Waals surface area (Å²) in [7, 11) is -3.27. The summed E-state index contributed by atoms with van der Waals surface area (Å²) in [4.78, 5) is 11.7. The maximum Gasteiger partial charge on any atom is 0.335 e. The highest BCUT2D eigenvalue weighted by Crippen LogP contribution is 2.37. The van der Waals surface area contributed by atoms with Crippen LogP contribution in [0.2, 0.25) is 43.8 Å². The molecule has 0 rings (SSSR count). The highest BCUT2D eigenvalue weighted by molar-refractivity contribution is 6.76. The van der Waals surface area contributed by atoms with Gasteiger partial charge in [-0.25, -0.2) is 4.79 Å². The molecule has 4 nitrogen and oxygen atoms in total. The Morgan fingerprint density at radius 3 is 2.09 bits per heavy atom. The number of esters is 1. The summed E-state index contributed by atoms with van der Waals surface area (Å²) in [6.45, 7) is 19.8. The van der Waals surface area contributed by atoms with Crippen molar-refractivity contribution in [2.75, 3.05) is 6.61 Å². The van der Waals surface area contributed by atoms with Crippen molar-refractivity contribution in [3.05, 3.63) is 11.8 Å². The standard InChI is InChI=1S/C17H36O4Si2/c1-10-20-16(19)15(18)11-14(13-22(5,6)7)12-21-23(8,9)17(2,3)4/h12,15,18H,10-11,13H2,1-9H3/b14-12-/t15-/m0/s1. The van der Waals surface area contributed by atoms with Crippen LogP contribution in [0.5, 0.6) is 0 Å². The zero-order chi connectivity index (χ0) is 18.5. The van der Waals surface area contributed by atoms with E-state index in [0.29, 0.717) is 0 Å². The molecule has 0 spiro atoms. The summed E-state index contributed by atoms with van der Waals surface area (Å²) in [5.41, 5.74) is 1.01.